The normalized spacial score (nSPS) is 21.8. The molecule has 3 heteroatoms. The third kappa shape index (κ3) is 1.90. The average Bonchev–Trinajstić information content (AvgIpc) is 2.15. The number of rotatable bonds is 2. The van der Waals surface area contributed by atoms with Crippen molar-refractivity contribution in [2.75, 3.05) is 13.1 Å². The molecule has 1 heterocycles. The molecule has 0 saturated carbocycles. The lowest BCUT2D eigenvalue weighted by Crippen LogP contribution is -2.29. The first kappa shape index (κ1) is 7.92. The maximum absolute atomic E-state index is 11.0. The molecule has 1 atom stereocenters. The van der Waals surface area contributed by atoms with Gasteiger partial charge in [0.05, 0.1) is 0 Å². The molecule has 0 radical (unpaired) electrons. The van der Waals surface area contributed by atoms with Gasteiger partial charge in [0.1, 0.15) is 0 Å². The van der Waals surface area contributed by atoms with Crippen LogP contribution in [0.25, 0.3) is 0 Å². The first-order chi connectivity index (χ1) is 4.70. The molecule has 2 nitrogen and oxygen atoms in total. The second kappa shape index (κ2) is 3.28. The lowest BCUT2D eigenvalue weighted by molar-refractivity contribution is -0.127. The largest absolute Gasteiger partial charge is 0.342 e. The van der Waals surface area contributed by atoms with E-state index in [1.54, 1.807) is 0 Å². The minimum absolute atomic E-state index is 0.293. The monoisotopic (exact) mass is 159 g/mol. The van der Waals surface area contributed by atoms with E-state index in [9.17, 15) is 4.79 Å². The third-order valence-corrected chi connectivity index (χ3v) is 1.82. The molecule has 1 fully saturated rings. The maximum Gasteiger partial charge on any atom is 0.222 e. The molecule has 0 spiro atoms. The fourth-order valence-electron chi connectivity index (χ4n) is 1.22. The molecule has 0 bridgehead atoms. The lowest BCUT2D eigenvalue weighted by Gasteiger charge is -2.16. The zero-order valence-corrected chi connectivity index (χ0v) is 7.10. The van der Waals surface area contributed by atoms with E-state index in [-0.39, 0.29) is 0 Å². The van der Waals surface area contributed by atoms with Gasteiger partial charge in [-0.05, 0) is 6.42 Å². The van der Waals surface area contributed by atoms with Crippen LogP contribution in [0.3, 0.4) is 0 Å². The van der Waals surface area contributed by atoms with Crippen LogP contribution in [0.4, 0.5) is 0 Å². The van der Waals surface area contributed by atoms with Crippen LogP contribution in [0.15, 0.2) is 0 Å². The summed E-state index contributed by atoms with van der Waals surface area (Å²) < 4.78 is 0. The fraction of sp³-hybridized carbons (Fsp3) is 0.857. The van der Waals surface area contributed by atoms with Crippen molar-refractivity contribution in [2.24, 2.45) is 0 Å². The SMILES string of the molecule is CC(S)CN1CCCC1=O. The van der Waals surface area contributed by atoms with Crippen molar-refractivity contribution in [2.45, 2.75) is 25.0 Å². The van der Waals surface area contributed by atoms with Crippen LogP contribution in [0, 0.1) is 0 Å². The second-order valence-electron chi connectivity index (χ2n) is 2.79. The van der Waals surface area contributed by atoms with Gasteiger partial charge >= 0.3 is 0 Å². The Morgan fingerprint density at radius 3 is 2.90 bits per heavy atom. The molecular weight excluding hydrogens is 146 g/mol. The van der Waals surface area contributed by atoms with E-state index in [0.29, 0.717) is 11.2 Å². The Balaban J connectivity index is 2.33. The van der Waals surface area contributed by atoms with Crippen molar-refractivity contribution in [1.82, 2.24) is 4.90 Å². The first-order valence-corrected chi connectivity index (χ1v) is 4.17. The summed E-state index contributed by atoms with van der Waals surface area (Å²) in [7, 11) is 0. The van der Waals surface area contributed by atoms with Gasteiger partial charge in [-0.3, -0.25) is 4.79 Å². The Morgan fingerprint density at radius 2 is 2.50 bits per heavy atom. The van der Waals surface area contributed by atoms with Crippen LogP contribution in [0.5, 0.6) is 0 Å². The Kier molecular flexibility index (Phi) is 2.60. The Morgan fingerprint density at radius 1 is 1.80 bits per heavy atom. The Hall–Kier alpha value is -0.180. The lowest BCUT2D eigenvalue weighted by atomic mass is 10.4. The highest BCUT2D eigenvalue weighted by Gasteiger charge is 2.20. The van der Waals surface area contributed by atoms with Gasteiger partial charge in [0.15, 0.2) is 0 Å². The number of carbonyl (C=O) groups is 1. The van der Waals surface area contributed by atoms with Crippen molar-refractivity contribution in [1.29, 1.82) is 0 Å². The number of amides is 1. The summed E-state index contributed by atoms with van der Waals surface area (Å²) in [5.41, 5.74) is 0. The molecule has 0 aromatic carbocycles. The minimum Gasteiger partial charge on any atom is -0.342 e. The zero-order chi connectivity index (χ0) is 7.56. The number of hydrogen-bond acceptors (Lipinski definition) is 2. The van der Waals surface area contributed by atoms with Gasteiger partial charge in [-0.25, -0.2) is 0 Å². The summed E-state index contributed by atoms with van der Waals surface area (Å²) in [6.45, 7) is 3.75. The van der Waals surface area contributed by atoms with E-state index >= 15 is 0 Å². The molecule has 1 aliphatic rings. The van der Waals surface area contributed by atoms with Crippen molar-refractivity contribution in [3.05, 3.63) is 0 Å². The van der Waals surface area contributed by atoms with Crippen LogP contribution in [0.2, 0.25) is 0 Å². The predicted octanol–water partition coefficient (Wildman–Crippen LogP) is 0.927. The van der Waals surface area contributed by atoms with E-state index in [0.717, 1.165) is 25.9 Å². The average molecular weight is 159 g/mol. The number of nitrogens with zero attached hydrogens (tertiary/aromatic N) is 1. The van der Waals surface area contributed by atoms with E-state index in [4.69, 9.17) is 0 Å². The van der Waals surface area contributed by atoms with Gasteiger partial charge in [0.2, 0.25) is 5.91 Å². The fourth-order valence-corrected chi connectivity index (χ4v) is 1.41. The van der Waals surface area contributed by atoms with Gasteiger partial charge in [-0.1, -0.05) is 6.92 Å². The molecule has 1 rings (SSSR count). The standard InChI is InChI=1S/C7H13NOS/c1-6(10)5-8-4-2-3-7(8)9/h6,10H,2-5H2,1H3. The molecule has 58 valence electrons. The molecule has 0 aromatic rings. The van der Waals surface area contributed by atoms with Crippen molar-refractivity contribution in [3.8, 4) is 0 Å². The predicted molar refractivity (Wildman–Crippen MR) is 44.3 cm³/mol. The molecule has 0 aliphatic carbocycles. The van der Waals surface area contributed by atoms with Crippen LogP contribution < -0.4 is 0 Å². The van der Waals surface area contributed by atoms with E-state index in [1.165, 1.54) is 0 Å². The summed E-state index contributed by atoms with van der Waals surface area (Å²) in [5, 5.41) is 0.307. The summed E-state index contributed by atoms with van der Waals surface area (Å²) in [6, 6.07) is 0. The van der Waals surface area contributed by atoms with Crippen molar-refractivity contribution in [3.63, 3.8) is 0 Å². The molecule has 1 saturated heterocycles. The molecule has 1 unspecified atom stereocenters. The maximum atomic E-state index is 11.0. The van der Waals surface area contributed by atoms with E-state index in [1.807, 2.05) is 11.8 Å². The Bertz CT molecular complexity index is 136. The van der Waals surface area contributed by atoms with Crippen LogP contribution in [0.1, 0.15) is 19.8 Å². The highest BCUT2D eigenvalue weighted by Crippen LogP contribution is 2.10. The molecule has 0 aromatic heterocycles. The van der Waals surface area contributed by atoms with E-state index < -0.39 is 0 Å². The molecular formula is C7H13NOS. The molecule has 0 N–H and O–H groups in total. The molecule has 1 amide bonds. The van der Waals surface area contributed by atoms with Crippen molar-refractivity contribution >= 4 is 18.5 Å². The zero-order valence-electron chi connectivity index (χ0n) is 6.21. The summed E-state index contributed by atoms with van der Waals surface area (Å²) >= 11 is 4.22. The highest BCUT2D eigenvalue weighted by molar-refractivity contribution is 7.80. The summed E-state index contributed by atoms with van der Waals surface area (Å²) in [5.74, 6) is 0.293. The summed E-state index contributed by atoms with van der Waals surface area (Å²) in [6.07, 6.45) is 1.76. The highest BCUT2D eigenvalue weighted by atomic mass is 32.1. The first-order valence-electron chi connectivity index (χ1n) is 3.66. The second-order valence-corrected chi connectivity index (χ2v) is 3.67. The molecule has 1 aliphatic heterocycles. The van der Waals surface area contributed by atoms with Gasteiger partial charge in [0.25, 0.3) is 0 Å². The number of hydrogen-bond donors (Lipinski definition) is 1. The third-order valence-electron chi connectivity index (χ3n) is 1.66. The quantitative estimate of drug-likeness (QED) is 0.594. The minimum atomic E-state index is 0.293. The van der Waals surface area contributed by atoms with Gasteiger partial charge < -0.3 is 4.90 Å². The summed E-state index contributed by atoms with van der Waals surface area (Å²) in [4.78, 5) is 12.9. The van der Waals surface area contributed by atoms with E-state index in [2.05, 4.69) is 12.6 Å². The van der Waals surface area contributed by atoms with Crippen LogP contribution in [-0.2, 0) is 4.79 Å². The van der Waals surface area contributed by atoms with Gasteiger partial charge in [0, 0.05) is 24.8 Å². The van der Waals surface area contributed by atoms with Gasteiger partial charge in [-0.2, -0.15) is 12.6 Å². The number of thiol groups is 1. The smallest absolute Gasteiger partial charge is 0.222 e. The number of carbonyl (C=O) groups excluding carboxylic acids is 1. The molecule has 10 heavy (non-hydrogen) atoms. The van der Waals surface area contributed by atoms with Crippen molar-refractivity contribution < 1.29 is 4.79 Å². The Labute approximate surface area is 67.0 Å². The van der Waals surface area contributed by atoms with Crippen LogP contribution in [-0.4, -0.2) is 29.1 Å². The topological polar surface area (TPSA) is 20.3 Å². The van der Waals surface area contributed by atoms with Crippen LogP contribution >= 0.6 is 12.6 Å². The number of likely N-dealkylation sites (tertiary alicyclic amines) is 1. The van der Waals surface area contributed by atoms with Gasteiger partial charge in [-0.15, -0.1) is 0 Å².